The van der Waals surface area contributed by atoms with E-state index in [0.29, 0.717) is 41.7 Å². The number of hydrogen-bond donors (Lipinski definition) is 2. The lowest BCUT2D eigenvalue weighted by Gasteiger charge is -2.39. The Morgan fingerprint density at radius 1 is 0.917 bits per heavy atom. The lowest BCUT2D eigenvalue weighted by atomic mass is 10.1. The summed E-state index contributed by atoms with van der Waals surface area (Å²) in [6.07, 6.45) is 0.696. The van der Waals surface area contributed by atoms with Gasteiger partial charge in [0, 0.05) is 16.7 Å². The Morgan fingerprint density at radius 2 is 1.53 bits per heavy atom. The molecule has 9 atom stereocenters. The van der Waals surface area contributed by atoms with E-state index < -0.39 is 72.4 Å². The molecule has 60 heavy (non-hydrogen) atoms. The Labute approximate surface area is 346 Å². The van der Waals surface area contributed by atoms with Gasteiger partial charge in [0.05, 0.1) is 31.1 Å². The highest BCUT2D eigenvalue weighted by Gasteiger charge is 2.52. The van der Waals surface area contributed by atoms with Crippen LogP contribution in [-0.2, 0) is 29.4 Å². The fourth-order valence-electron chi connectivity index (χ4n) is 7.21. The molecule has 5 aromatic rings. The number of carbonyl (C=O) groups excluding carboxylic acids is 1. The van der Waals surface area contributed by atoms with Gasteiger partial charge in [-0.25, -0.2) is 38.7 Å². The number of amides is 1. The van der Waals surface area contributed by atoms with Crippen molar-refractivity contribution in [3.05, 3.63) is 79.1 Å². The van der Waals surface area contributed by atoms with E-state index >= 15 is 8.78 Å². The third-order valence-electron chi connectivity index (χ3n) is 11.4. The Balaban J connectivity index is 1.10. The predicted octanol–water partition coefficient (Wildman–Crippen LogP) is 6.10. The van der Waals surface area contributed by atoms with Crippen LogP contribution in [0, 0.1) is 0 Å². The van der Waals surface area contributed by atoms with Crippen LogP contribution < -0.4 is 4.90 Å². The van der Waals surface area contributed by atoms with Crippen LogP contribution in [0.2, 0.25) is 18.1 Å². The van der Waals surface area contributed by atoms with Gasteiger partial charge >= 0.3 is 8.25 Å². The highest BCUT2D eigenvalue weighted by molar-refractivity contribution is 7.32. The zero-order valence-electron chi connectivity index (χ0n) is 34.1. The first-order chi connectivity index (χ1) is 28.6. The van der Waals surface area contributed by atoms with Crippen LogP contribution >= 0.6 is 8.25 Å². The maximum Gasteiger partial charge on any atom is 0.695 e. The molecule has 2 unspecified atom stereocenters. The number of halogens is 2. The number of aryl methyl sites for hydroxylation is 1. The van der Waals surface area contributed by atoms with E-state index in [0.717, 1.165) is 0 Å². The van der Waals surface area contributed by atoms with Gasteiger partial charge in [0.1, 0.15) is 30.4 Å². The van der Waals surface area contributed by atoms with Crippen LogP contribution in [0.3, 0.4) is 0 Å². The molecule has 2 aliphatic rings. The molecule has 21 heteroatoms. The number of rotatable bonds is 15. The quantitative estimate of drug-likeness (QED) is 0.0694. The SMILES string of the molecule is CC[C@H]1O[C@@H](n2cnc3c(CC/C=C/CN(C(=O)c4ccccc4)c4ncnc5c4ncn5C4O[C@H](CO)[C@@H](O[Si](C)(C)C(C)(C)C)[C@H]4F)ncnc32)[C@H](F)[C@@H]1O[P+](=O)O. The lowest BCUT2D eigenvalue weighted by molar-refractivity contribution is -0.0445. The summed E-state index contributed by atoms with van der Waals surface area (Å²) in [6.45, 7) is 11.6. The van der Waals surface area contributed by atoms with Crippen molar-refractivity contribution in [3.63, 3.8) is 0 Å². The number of ether oxygens (including phenoxy) is 2. The molecule has 6 heterocycles. The van der Waals surface area contributed by atoms with E-state index in [1.807, 2.05) is 25.2 Å². The fraction of sp³-hybridized carbons (Fsp3) is 0.513. The first-order valence-corrected chi connectivity index (χ1v) is 23.8. The van der Waals surface area contributed by atoms with Gasteiger partial charge in [-0.1, -0.05) is 58.0 Å². The largest absolute Gasteiger partial charge is 0.695 e. The number of nitrogens with zero attached hydrogens (tertiary/aromatic N) is 9. The minimum Gasteiger partial charge on any atom is -0.408 e. The number of hydrogen-bond acceptors (Lipinski definition) is 13. The van der Waals surface area contributed by atoms with E-state index in [2.05, 4.69) is 50.7 Å². The maximum absolute atomic E-state index is 16.4. The monoisotopic (exact) mass is 868 g/mol. The highest BCUT2D eigenvalue weighted by Crippen LogP contribution is 2.43. The Morgan fingerprint density at radius 3 is 2.17 bits per heavy atom. The van der Waals surface area contributed by atoms with E-state index in [9.17, 15) is 19.4 Å². The van der Waals surface area contributed by atoms with Crippen LogP contribution in [0.4, 0.5) is 14.6 Å². The number of aromatic nitrogens is 8. The molecule has 320 valence electrons. The molecule has 0 radical (unpaired) electrons. The van der Waals surface area contributed by atoms with Crippen molar-refractivity contribution in [2.45, 2.75) is 114 Å². The minimum atomic E-state index is -3.04. The number of carbonyl (C=O) groups is 1. The van der Waals surface area contributed by atoms with Crippen LogP contribution in [-0.4, -0.2) is 113 Å². The number of aliphatic hydroxyl groups excluding tert-OH is 1. The van der Waals surface area contributed by atoms with Gasteiger partial charge in [0.2, 0.25) is 0 Å². The van der Waals surface area contributed by atoms with E-state index in [1.54, 1.807) is 37.3 Å². The maximum atomic E-state index is 16.4. The first-order valence-electron chi connectivity index (χ1n) is 19.7. The normalized spacial score (nSPS) is 25.2. The van der Waals surface area contributed by atoms with Gasteiger partial charge in [-0.15, -0.1) is 9.42 Å². The summed E-state index contributed by atoms with van der Waals surface area (Å²) in [6, 6.07) is 8.70. The van der Waals surface area contributed by atoms with Gasteiger partial charge in [0.25, 0.3) is 5.91 Å². The van der Waals surface area contributed by atoms with E-state index in [4.69, 9.17) is 18.4 Å². The predicted molar refractivity (Wildman–Crippen MR) is 218 cm³/mol. The second kappa shape index (κ2) is 17.8. The van der Waals surface area contributed by atoms with Crippen LogP contribution in [0.15, 0.2) is 67.8 Å². The molecule has 4 aromatic heterocycles. The van der Waals surface area contributed by atoms with Crippen LogP contribution in [0.1, 0.15) is 69.0 Å². The number of aliphatic hydroxyl groups is 1. The van der Waals surface area contributed by atoms with Crippen molar-refractivity contribution in [3.8, 4) is 0 Å². The second-order valence-electron chi connectivity index (χ2n) is 16.2. The van der Waals surface area contributed by atoms with E-state index in [-0.39, 0.29) is 34.5 Å². The molecule has 0 spiro atoms. The third kappa shape index (κ3) is 8.52. The molecule has 2 fully saturated rings. The minimum absolute atomic E-state index is 0.0827. The van der Waals surface area contributed by atoms with Gasteiger partial charge < -0.3 is 19.0 Å². The standard InChI is InChI=1S/C39H48F2N9O8PSi/c1-7-25-31(57-59(53)54)27(40)37(55-25)49-21-46-29-24(42-19-43-33(29)49)16-12-9-13-17-48(36(52)23-14-10-8-11-15-23)34-30-35(45-20-44-34)50(22-47-30)38-28(41)32(26(18-51)56-38)58-60(5,6)39(2,3)4/h8-11,13-15,19-22,25-28,31-32,37-38,51H,7,12,16-18H2,1-6H3/p+1/b13-9+/t25-,26-,27-,28-,31-,32-,37-,38?/m1/s1. The zero-order valence-corrected chi connectivity index (χ0v) is 36.0. The number of imidazole rings is 2. The molecular formula is C39H49F2N9O8PSi+. The van der Waals surface area contributed by atoms with Gasteiger partial charge in [-0.3, -0.25) is 18.8 Å². The summed E-state index contributed by atoms with van der Waals surface area (Å²) < 4.78 is 69.4. The summed E-state index contributed by atoms with van der Waals surface area (Å²) in [5.74, 6) is -0.156. The number of fused-ring (bicyclic) bond motifs is 2. The molecule has 0 bridgehead atoms. The van der Waals surface area contributed by atoms with Crippen molar-refractivity contribution in [1.29, 1.82) is 0 Å². The van der Waals surface area contributed by atoms with Crippen molar-refractivity contribution < 1.29 is 46.6 Å². The smallest absolute Gasteiger partial charge is 0.408 e. The van der Waals surface area contributed by atoms with Crippen LogP contribution in [0.5, 0.6) is 0 Å². The van der Waals surface area contributed by atoms with Gasteiger partial charge in [-0.05, 0) is 49.5 Å². The van der Waals surface area contributed by atoms with Crippen molar-refractivity contribution in [2.24, 2.45) is 0 Å². The topological polar surface area (TPSA) is 202 Å². The summed E-state index contributed by atoms with van der Waals surface area (Å²) in [5.41, 5.74) is 2.26. The number of benzene rings is 1. The molecule has 1 aromatic carbocycles. The molecule has 7 rings (SSSR count). The molecule has 2 N–H and O–H groups in total. The molecule has 0 saturated carbocycles. The van der Waals surface area contributed by atoms with Gasteiger partial charge in [0.15, 0.2) is 61.8 Å². The Hall–Kier alpha value is -4.53. The Bertz CT molecular complexity index is 2350. The van der Waals surface area contributed by atoms with Crippen molar-refractivity contribution >= 4 is 50.6 Å². The summed E-state index contributed by atoms with van der Waals surface area (Å²) in [4.78, 5) is 51.5. The first kappa shape index (κ1) is 43.6. The molecule has 17 nitrogen and oxygen atoms in total. The third-order valence-corrected chi connectivity index (χ3v) is 16.3. The van der Waals surface area contributed by atoms with Crippen LogP contribution in [0.25, 0.3) is 22.3 Å². The fourth-order valence-corrected chi connectivity index (χ4v) is 8.99. The highest BCUT2D eigenvalue weighted by atomic mass is 31.1. The summed E-state index contributed by atoms with van der Waals surface area (Å²) in [5, 5.41) is 9.99. The average molecular weight is 869 g/mol. The zero-order chi connectivity index (χ0) is 42.9. The molecule has 1 amide bonds. The molecule has 2 saturated heterocycles. The van der Waals surface area contributed by atoms with Gasteiger partial charge in [-0.2, -0.15) is 0 Å². The second-order valence-corrected chi connectivity index (χ2v) is 21.7. The average Bonchev–Trinajstić information content (AvgIpc) is 3.99. The Kier molecular flexibility index (Phi) is 12.9. The number of allylic oxidation sites excluding steroid dienone is 1. The number of alkyl halides is 2. The van der Waals surface area contributed by atoms with E-state index in [1.165, 1.54) is 39.3 Å². The lowest BCUT2D eigenvalue weighted by Crippen LogP contribution is -2.49. The molecule has 2 aliphatic heterocycles. The summed E-state index contributed by atoms with van der Waals surface area (Å²) in [7, 11) is -5.49. The number of anilines is 1. The molecular weight excluding hydrogens is 820 g/mol. The summed E-state index contributed by atoms with van der Waals surface area (Å²) >= 11 is 0. The molecule has 0 aliphatic carbocycles. The van der Waals surface area contributed by atoms with Crippen molar-refractivity contribution in [1.82, 2.24) is 39.0 Å². The van der Waals surface area contributed by atoms with Crippen molar-refractivity contribution in [2.75, 3.05) is 18.1 Å².